The molecule has 0 aromatic carbocycles. The van der Waals surface area contributed by atoms with Gasteiger partial charge in [0.25, 0.3) is 0 Å². The molecule has 1 unspecified atom stereocenters. The number of hydrogen-bond donors (Lipinski definition) is 2. The first-order chi connectivity index (χ1) is 14.0. The second-order valence-electron chi connectivity index (χ2n) is 9.22. The number of hydrogen-bond acceptors (Lipinski definition) is 4. The van der Waals surface area contributed by atoms with Gasteiger partial charge in [-0.05, 0) is 93.6 Å². The van der Waals surface area contributed by atoms with Gasteiger partial charge in [0.15, 0.2) is 0 Å². The van der Waals surface area contributed by atoms with Crippen molar-refractivity contribution in [3.05, 3.63) is 21.9 Å². The second kappa shape index (κ2) is 10.1. The number of aryl methyl sites for hydroxylation is 1. The van der Waals surface area contributed by atoms with E-state index in [-0.39, 0.29) is 17.4 Å². The molecule has 0 radical (unpaired) electrons. The third-order valence-corrected chi connectivity index (χ3v) is 8.92. The van der Waals surface area contributed by atoms with E-state index in [1.54, 1.807) is 6.07 Å². The third kappa shape index (κ3) is 5.22. The van der Waals surface area contributed by atoms with Crippen molar-refractivity contribution < 1.29 is 15.0 Å². The molecule has 2 saturated carbocycles. The van der Waals surface area contributed by atoms with E-state index in [2.05, 4.69) is 13.0 Å². The number of aliphatic hydroxyl groups excluding tert-OH is 1. The van der Waals surface area contributed by atoms with E-state index in [1.807, 2.05) is 6.07 Å². The standard InChI is InChI=1S/C24H35NO3S/c1-2-24(14-5-15-24)22(26)9-4-8-20-17(10-11-18(20)16-25)6-3-7-19-12-13-21(29-19)23(27)28/h12-13,17-18,20,22,26H,2-11,14-15H2,1H3,(H,27,28)/t17-,18-,20+,22?/m0/s1. The number of aliphatic hydroxyl groups is 1. The molecule has 0 bridgehead atoms. The lowest BCUT2D eigenvalue weighted by atomic mass is 9.62. The van der Waals surface area contributed by atoms with Gasteiger partial charge in [-0.25, -0.2) is 4.79 Å². The molecule has 3 rings (SSSR count). The van der Waals surface area contributed by atoms with E-state index in [0.29, 0.717) is 16.7 Å². The van der Waals surface area contributed by atoms with Gasteiger partial charge in [-0.3, -0.25) is 0 Å². The summed E-state index contributed by atoms with van der Waals surface area (Å²) in [7, 11) is 0. The first-order valence-corrected chi connectivity index (χ1v) is 12.2. The Bertz CT molecular complexity index is 712. The fourth-order valence-electron chi connectivity index (χ4n) is 5.68. The van der Waals surface area contributed by atoms with Gasteiger partial charge in [-0.1, -0.05) is 19.8 Å². The van der Waals surface area contributed by atoms with Crippen LogP contribution in [0.15, 0.2) is 12.1 Å². The van der Waals surface area contributed by atoms with Gasteiger partial charge in [0, 0.05) is 10.8 Å². The Morgan fingerprint density at radius 3 is 2.69 bits per heavy atom. The molecule has 2 N–H and O–H groups in total. The quantitative estimate of drug-likeness (QED) is 0.459. The number of carboxylic acids is 1. The highest BCUT2D eigenvalue weighted by molar-refractivity contribution is 7.13. The monoisotopic (exact) mass is 417 g/mol. The van der Waals surface area contributed by atoms with Gasteiger partial charge in [0.2, 0.25) is 0 Å². The zero-order chi connectivity index (χ0) is 20.9. The number of nitriles is 1. The third-order valence-electron chi connectivity index (χ3n) is 7.78. The first kappa shape index (κ1) is 22.3. The van der Waals surface area contributed by atoms with Crippen LogP contribution in [0.1, 0.15) is 92.1 Å². The molecular weight excluding hydrogens is 382 g/mol. The molecule has 4 nitrogen and oxygen atoms in total. The number of aromatic carboxylic acids is 1. The average molecular weight is 418 g/mol. The zero-order valence-electron chi connectivity index (χ0n) is 17.6. The summed E-state index contributed by atoms with van der Waals surface area (Å²) in [4.78, 5) is 12.6. The van der Waals surface area contributed by atoms with Gasteiger partial charge in [0.1, 0.15) is 4.88 Å². The van der Waals surface area contributed by atoms with Gasteiger partial charge in [-0.2, -0.15) is 5.26 Å². The molecule has 1 heterocycles. The van der Waals surface area contributed by atoms with Crippen LogP contribution in [0.25, 0.3) is 0 Å². The van der Waals surface area contributed by atoms with Gasteiger partial charge >= 0.3 is 5.97 Å². The molecule has 2 aliphatic carbocycles. The van der Waals surface area contributed by atoms with Crippen LogP contribution < -0.4 is 0 Å². The number of carboxylic acid groups (broad SMARTS) is 1. The molecule has 4 atom stereocenters. The molecule has 2 aliphatic rings. The van der Waals surface area contributed by atoms with Crippen molar-refractivity contribution in [3.8, 4) is 6.07 Å². The van der Waals surface area contributed by atoms with Crippen molar-refractivity contribution >= 4 is 17.3 Å². The number of thiophene rings is 1. The van der Waals surface area contributed by atoms with Crippen LogP contribution in [0.5, 0.6) is 0 Å². The van der Waals surface area contributed by atoms with Crippen LogP contribution in [0, 0.1) is 34.5 Å². The smallest absolute Gasteiger partial charge is 0.345 e. The van der Waals surface area contributed by atoms with Crippen molar-refractivity contribution in [1.82, 2.24) is 0 Å². The highest BCUT2D eigenvalue weighted by Crippen LogP contribution is 2.48. The minimum Gasteiger partial charge on any atom is -0.477 e. The Kier molecular flexibility index (Phi) is 7.76. The summed E-state index contributed by atoms with van der Waals surface area (Å²) in [5.74, 6) is 0.382. The maximum Gasteiger partial charge on any atom is 0.345 e. The highest BCUT2D eigenvalue weighted by atomic mass is 32.1. The Morgan fingerprint density at radius 2 is 2.10 bits per heavy atom. The SMILES string of the molecule is CCC1(C(O)CCC[C@@H]2[C@@H](CCCc3ccc(C(=O)O)s3)CC[C@H]2C#N)CCC1. The summed E-state index contributed by atoms with van der Waals surface area (Å²) < 4.78 is 0. The Labute approximate surface area is 179 Å². The van der Waals surface area contributed by atoms with Gasteiger partial charge < -0.3 is 10.2 Å². The van der Waals surface area contributed by atoms with E-state index < -0.39 is 5.97 Å². The lowest BCUT2D eigenvalue weighted by molar-refractivity contribution is -0.0438. The minimum absolute atomic E-state index is 0.168. The predicted octanol–water partition coefficient (Wildman–Crippen LogP) is 6.05. The molecular formula is C24H35NO3S. The molecule has 0 amide bonds. The fraction of sp³-hybridized carbons (Fsp3) is 0.750. The molecule has 5 heteroatoms. The van der Waals surface area contributed by atoms with Crippen molar-refractivity contribution in [2.75, 3.05) is 0 Å². The van der Waals surface area contributed by atoms with E-state index in [4.69, 9.17) is 5.11 Å². The van der Waals surface area contributed by atoms with Gasteiger partial charge in [0.05, 0.1) is 12.2 Å². The largest absolute Gasteiger partial charge is 0.477 e. The first-order valence-electron chi connectivity index (χ1n) is 11.4. The van der Waals surface area contributed by atoms with E-state index in [1.165, 1.54) is 30.6 Å². The lowest BCUT2D eigenvalue weighted by Gasteiger charge is -2.45. The molecule has 1 aromatic heterocycles. The molecule has 2 fully saturated rings. The predicted molar refractivity (Wildman–Crippen MR) is 116 cm³/mol. The molecule has 160 valence electrons. The van der Waals surface area contributed by atoms with Crippen LogP contribution in [0.3, 0.4) is 0 Å². The number of nitrogens with zero attached hydrogens (tertiary/aromatic N) is 1. The average Bonchev–Trinajstić information content (AvgIpc) is 3.29. The van der Waals surface area contributed by atoms with Crippen molar-refractivity contribution in [2.24, 2.45) is 23.2 Å². The Morgan fingerprint density at radius 1 is 1.31 bits per heavy atom. The maximum atomic E-state index is 11.0. The van der Waals surface area contributed by atoms with Crippen LogP contribution in [-0.2, 0) is 6.42 Å². The van der Waals surface area contributed by atoms with Crippen LogP contribution in [-0.4, -0.2) is 22.3 Å². The van der Waals surface area contributed by atoms with E-state index in [0.717, 1.165) is 62.7 Å². The zero-order valence-corrected chi connectivity index (χ0v) is 18.4. The number of carbonyl (C=O) groups is 1. The van der Waals surface area contributed by atoms with Crippen LogP contribution in [0.2, 0.25) is 0 Å². The van der Waals surface area contributed by atoms with Crippen LogP contribution in [0.4, 0.5) is 0 Å². The summed E-state index contributed by atoms with van der Waals surface area (Å²) in [5, 5.41) is 29.3. The molecule has 0 spiro atoms. The summed E-state index contributed by atoms with van der Waals surface area (Å²) in [6.45, 7) is 2.20. The normalized spacial score (nSPS) is 26.6. The molecule has 0 saturated heterocycles. The van der Waals surface area contributed by atoms with E-state index in [9.17, 15) is 15.2 Å². The topological polar surface area (TPSA) is 81.3 Å². The lowest BCUT2D eigenvalue weighted by Crippen LogP contribution is -2.40. The van der Waals surface area contributed by atoms with Crippen LogP contribution >= 0.6 is 11.3 Å². The fourth-order valence-corrected chi connectivity index (χ4v) is 6.57. The van der Waals surface area contributed by atoms with Crippen molar-refractivity contribution in [3.63, 3.8) is 0 Å². The maximum absolute atomic E-state index is 11.0. The minimum atomic E-state index is -0.845. The highest BCUT2D eigenvalue weighted by Gasteiger charge is 2.41. The van der Waals surface area contributed by atoms with Gasteiger partial charge in [-0.15, -0.1) is 11.3 Å². The van der Waals surface area contributed by atoms with Crippen molar-refractivity contribution in [1.29, 1.82) is 5.26 Å². The van der Waals surface area contributed by atoms with E-state index >= 15 is 0 Å². The Balaban J connectivity index is 1.45. The summed E-state index contributed by atoms with van der Waals surface area (Å²) in [6.07, 6.45) is 12.7. The molecule has 0 aliphatic heterocycles. The summed E-state index contributed by atoms with van der Waals surface area (Å²) in [5.41, 5.74) is 0.180. The summed E-state index contributed by atoms with van der Waals surface area (Å²) >= 11 is 1.38. The Hall–Kier alpha value is -1.38. The summed E-state index contributed by atoms with van der Waals surface area (Å²) in [6, 6.07) is 6.18. The second-order valence-corrected chi connectivity index (χ2v) is 10.4. The molecule has 29 heavy (non-hydrogen) atoms. The van der Waals surface area contributed by atoms with Crippen molar-refractivity contribution in [2.45, 2.75) is 90.1 Å². The number of rotatable bonds is 11. The molecule has 1 aromatic rings.